The van der Waals surface area contributed by atoms with Gasteiger partial charge in [-0.1, -0.05) is 47.7 Å². The highest BCUT2D eigenvalue weighted by atomic mass is 32.1. The standard InChI is InChI=1S/C23H23N7O2S/c1-16-7-8-18-19(13-16)33-23(26-18)27-21-20(30(31)32)22(25-15-24-21)29-11-9-28(10-12-29)14-17-5-3-2-4-6-17/h2-8,13,15H,9-12,14H2,1H3,(H,24,25,26,27). The molecule has 0 bridgehead atoms. The molecule has 0 aliphatic carbocycles. The van der Waals surface area contributed by atoms with E-state index >= 15 is 0 Å². The lowest BCUT2D eigenvalue weighted by Gasteiger charge is -2.35. The second kappa shape index (κ2) is 9.08. The van der Waals surface area contributed by atoms with Crippen molar-refractivity contribution in [2.75, 3.05) is 36.4 Å². The van der Waals surface area contributed by atoms with Crippen molar-refractivity contribution >= 4 is 44.0 Å². The molecule has 1 saturated heterocycles. The third kappa shape index (κ3) is 4.62. The zero-order valence-corrected chi connectivity index (χ0v) is 19.0. The summed E-state index contributed by atoms with van der Waals surface area (Å²) in [7, 11) is 0. The average molecular weight is 462 g/mol. The summed E-state index contributed by atoms with van der Waals surface area (Å²) in [4.78, 5) is 28.9. The Morgan fingerprint density at radius 3 is 2.64 bits per heavy atom. The van der Waals surface area contributed by atoms with Crippen LogP contribution in [-0.2, 0) is 6.54 Å². The lowest BCUT2D eigenvalue weighted by Crippen LogP contribution is -2.46. The summed E-state index contributed by atoms with van der Waals surface area (Å²) in [5.41, 5.74) is 3.12. The molecule has 4 aromatic rings. The minimum Gasteiger partial charge on any atom is -0.348 e. The van der Waals surface area contributed by atoms with E-state index < -0.39 is 4.92 Å². The number of hydrogen-bond donors (Lipinski definition) is 1. The van der Waals surface area contributed by atoms with Gasteiger partial charge in [0.25, 0.3) is 0 Å². The van der Waals surface area contributed by atoms with Crippen LogP contribution in [0.2, 0.25) is 0 Å². The predicted octanol–water partition coefficient (Wildman–Crippen LogP) is 4.37. The fraction of sp³-hybridized carbons (Fsp3) is 0.261. The van der Waals surface area contributed by atoms with Gasteiger partial charge < -0.3 is 10.2 Å². The normalized spacial score (nSPS) is 14.5. The Bertz CT molecular complexity index is 1290. The quantitative estimate of drug-likeness (QED) is 0.334. The van der Waals surface area contributed by atoms with Gasteiger partial charge in [-0.05, 0) is 30.2 Å². The molecule has 0 radical (unpaired) electrons. The number of nitrogens with one attached hydrogen (secondary N) is 1. The Morgan fingerprint density at radius 2 is 1.88 bits per heavy atom. The molecule has 10 heteroatoms. The van der Waals surface area contributed by atoms with Gasteiger partial charge in [0.15, 0.2) is 5.13 Å². The van der Waals surface area contributed by atoms with Gasteiger partial charge in [0.05, 0.1) is 15.1 Å². The summed E-state index contributed by atoms with van der Waals surface area (Å²) >= 11 is 1.44. The predicted molar refractivity (Wildman–Crippen MR) is 130 cm³/mol. The Balaban J connectivity index is 1.35. The molecule has 33 heavy (non-hydrogen) atoms. The Hall–Kier alpha value is -3.63. The number of anilines is 3. The van der Waals surface area contributed by atoms with Crippen LogP contribution in [-0.4, -0.2) is 51.0 Å². The van der Waals surface area contributed by atoms with Gasteiger partial charge in [0.2, 0.25) is 11.6 Å². The van der Waals surface area contributed by atoms with Crippen molar-refractivity contribution in [3.8, 4) is 0 Å². The van der Waals surface area contributed by atoms with E-state index in [0.29, 0.717) is 24.0 Å². The van der Waals surface area contributed by atoms with Crippen molar-refractivity contribution < 1.29 is 4.92 Å². The molecule has 1 fully saturated rings. The van der Waals surface area contributed by atoms with E-state index in [1.807, 2.05) is 48.2 Å². The minimum atomic E-state index is -0.411. The lowest BCUT2D eigenvalue weighted by atomic mass is 10.2. The SMILES string of the molecule is Cc1ccc2nc(Nc3ncnc(N4CCN(Cc5ccccc5)CC4)c3[N+](=O)[O-])sc2c1. The molecule has 9 nitrogen and oxygen atoms in total. The Morgan fingerprint density at radius 1 is 1.09 bits per heavy atom. The first-order chi connectivity index (χ1) is 16.1. The van der Waals surface area contributed by atoms with E-state index in [1.54, 1.807) is 0 Å². The van der Waals surface area contributed by atoms with Crippen molar-refractivity contribution in [3.63, 3.8) is 0 Å². The molecule has 2 aromatic heterocycles. The molecule has 5 rings (SSSR count). The van der Waals surface area contributed by atoms with Gasteiger partial charge in [0, 0.05) is 32.7 Å². The first-order valence-corrected chi connectivity index (χ1v) is 11.5. The molecular formula is C23H23N7O2S. The maximum atomic E-state index is 12.0. The minimum absolute atomic E-state index is 0.121. The summed E-state index contributed by atoms with van der Waals surface area (Å²) < 4.78 is 1.02. The zero-order valence-electron chi connectivity index (χ0n) is 18.1. The molecule has 1 aliphatic heterocycles. The molecule has 1 N–H and O–H groups in total. The number of thiazole rings is 1. The smallest absolute Gasteiger partial charge is 0.348 e. The highest BCUT2D eigenvalue weighted by Crippen LogP contribution is 2.36. The Labute approximate surface area is 194 Å². The summed E-state index contributed by atoms with van der Waals surface area (Å²) in [5.74, 6) is 0.501. The summed E-state index contributed by atoms with van der Waals surface area (Å²) in [6.45, 7) is 5.80. The molecule has 3 heterocycles. The molecule has 168 valence electrons. The molecule has 0 atom stereocenters. The second-order valence-electron chi connectivity index (χ2n) is 8.02. The maximum absolute atomic E-state index is 12.0. The van der Waals surface area contributed by atoms with Crippen molar-refractivity contribution in [1.29, 1.82) is 0 Å². The highest BCUT2D eigenvalue weighted by Gasteiger charge is 2.29. The van der Waals surface area contributed by atoms with Gasteiger partial charge in [0.1, 0.15) is 6.33 Å². The van der Waals surface area contributed by atoms with E-state index in [4.69, 9.17) is 0 Å². The van der Waals surface area contributed by atoms with Crippen LogP contribution in [0.25, 0.3) is 10.2 Å². The molecule has 0 spiro atoms. The molecule has 1 aliphatic rings. The number of aromatic nitrogens is 3. The molecule has 0 saturated carbocycles. The van der Waals surface area contributed by atoms with Crippen LogP contribution in [0.4, 0.5) is 22.5 Å². The first-order valence-electron chi connectivity index (χ1n) is 10.7. The Kier molecular flexibility index (Phi) is 5.84. The van der Waals surface area contributed by atoms with Crippen molar-refractivity contribution in [2.24, 2.45) is 0 Å². The summed E-state index contributed by atoms with van der Waals surface area (Å²) in [5, 5.41) is 15.7. The van der Waals surface area contributed by atoms with Gasteiger partial charge >= 0.3 is 5.69 Å². The largest absolute Gasteiger partial charge is 0.353 e. The molecule has 0 amide bonds. The van der Waals surface area contributed by atoms with Gasteiger partial charge in [-0.25, -0.2) is 15.0 Å². The molecular weight excluding hydrogens is 438 g/mol. The number of nitrogens with zero attached hydrogens (tertiary/aromatic N) is 6. The van der Waals surface area contributed by atoms with Crippen LogP contribution >= 0.6 is 11.3 Å². The third-order valence-electron chi connectivity index (χ3n) is 5.68. The number of nitro groups is 1. The van der Waals surface area contributed by atoms with Crippen molar-refractivity contribution in [1.82, 2.24) is 19.9 Å². The van der Waals surface area contributed by atoms with E-state index in [2.05, 4.69) is 37.3 Å². The fourth-order valence-corrected chi connectivity index (χ4v) is 4.97. The van der Waals surface area contributed by atoms with E-state index in [9.17, 15) is 10.1 Å². The van der Waals surface area contributed by atoms with Crippen LogP contribution in [0, 0.1) is 17.0 Å². The second-order valence-corrected chi connectivity index (χ2v) is 9.05. The zero-order chi connectivity index (χ0) is 22.8. The number of hydrogen-bond acceptors (Lipinski definition) is 9. The summed E-state index contributed by atoms with van der Waals surface area (Å²) in [6, 6.07) is 16.3. The van der Waals surface area contributed by atoms with Crippen LogP contribution in [0.5, 0.6) is 0 Å². The number of benzene rings is 2. The third-order valence-corrected chi connectivity index (χ3v) is 6.61. The topological polar surface area (TPSA) is 100 Å². The maximum Gasteiger partial charge on any atom is 0.353 e. The van der Waals surface area contributed by atoms with Crippen LogP contribution in [0.1, 0.15) is 11.1 Å². The molecule has 0 unspecified atom stereocenters. The lowest BCUT2D eigenvalue weighted by molar-refractivity contribution is -0.383. The first kappa shape index (κ1) is 21.2. The number of piperazine rings is 1. The molecule has 2 aromatic carbocycles. The highest BCUT2D eigenvalue weighted by molar-refractivity contribution is 7.22. The summed E-state index contributed by atoms with van der Waals surface area (Å²) in [6.07, 6.45) is 1.37. The van der Waals surface area contributed by atoms with Crippen LogP contribution in [0.3, 0.4) is 0 Å². The van der Waals surface area contributed by atoms with Crippen LogP contribution < -0.4 is 10.2 Å². The monoisotopic (exact) mass is 461 g/mol. The van der Waals surface area contributed by atoms with E-state index in [1.165, 1.54) is 23.2 Å². The van der Waals surface area contributed by atoms with Crippen LogP contribution in [0.15, 0.2) is 54.9 Å². The number of fused-ring (bicyclic) bond motifs is 1. The fourth-order valence-electron chi connectivity index (χ4n) is 4.01. The number of rotatable bonds is 6. The number of aryl methyl sites for hydroxylation is 1. The average Bonchev–Trinajstić information content (AvgIpc) is 3.21. The van der Waals surface area contributed by atoms with Crippen molar-refractivity contribution in [2.45, 2.75) is 13.5 Å². The van der Waals surface area contributed by atoms with E-state index in [0.717, 1.165) is 35.4 Å². The van der Waals surface area contributed by atoms with Crippen molar-refractivity contribution in [3.05, 3.63) is 76.1 Å². The van der Waals surface area contributed by atoms with Gasteiger partial charge in [-0.15, -0.1) is 0 Å². The van der Waals surface area contributed by atoms with E-state index in [-0.39, 0.29) is 11.5 Å². The van der Waals surface area contributed by atoms with Gasteiger partial charge in [-0.2, -0.15) is 0 Å². The van der Waals surface area contributed by atoms with Gasteiger partial charge in [-0.3, -0.25) is 15.0 Å².